The Morgan fingerprint density at radius 3 is 2.68 bits per heavy atom. The van der Waals surface area contributed by atoms with E-state index in [2.05, 4.69) is 20.2 Å². The molecule has 3 heterocycles. The lowest BCUT2D eigenvalue weighted by molar-refractivity contribution is -0.130. The van der Waals surface area contributed by atoms with Crippen molar-refractivity contribution >= 4 is 17.5 Å². The predicted octanol–water partition coefficient (Wildman–Crippen LogP) is 1.84. The number of amides is 1. The highest BCUT2D eigenvalue weighted by Gasteiger charge is 2.23. The van der Waals surface area contributed by atoms with Gasteiger partial charge in [0.25, 0.3) is 0 Å². The van der Waals surface area contributed by atoms with Gasteiger partial charge in [0.05, 0.1) is 6.42 Å². The summed E-state index contributed by atoms with van der Waals surface area (Å²) in [6.45, 7) is 7.89. The Balaban J connectivity index is 1.35. The Hall–Kier alpha value is -3.03. The first kappa shape index (κ1) is 18.3. The van der Waals surface area contributed by atoms with E-state index < -0.39 is 0 Å². The standard InChI is InChI=1S/C20H25N5O3/c1-3-21-18-12-19(23-14(2)22-18)24-6-8-25(9-7-24)20(26)11-15-4-5-16-17(10-15)28-13-27-16/h4-5,10,12H,3,6-9,11,13H2,1-2H3,(H,21,22,23). The minimum Gasteiger partial charge on any atom is -0.454 e. The zero-order chi connectivity index (χ0) is 19.5. The first-order valence-corrected chi connectivity index (χ1v) is 9.63. The molecule has 2 aliphatic rings. The summed E-state index contributed by atoms with van der Waals surface area (Å²) in [5, 5.41) is 3.24. The van der Waals surface area contributed by atoms with Gasteiger partial charge in [-0.05, 0) is 31.5 Å². The average molecular weight is 383 g/mol. The van der Waals surface area contributed by atoms with Gasteiger partial charge >= 0.3 is 0 Å². The monoisotopic (exact) mass is 383 g/mol. The summed E-state index contributed by atoms with van der Waals surface area (Å²) in [6, 6.07) is 7.65. The molecule has 0 saturated carbocycles. The Morgan fingerprint density at radius 1 is 1.11 bits per heavy atom. The lowest BCUT2D eigenvalue weighted by atomic mass is 10.1. The van der Waals surface area contributed by atoms with Crippen LogP contribution in [0, 0.1) is 6.92 Å². The largest absolute Gasteiger partial charge is 0.454 e. The van der Waals surface area contributed by atoms with Crippen LogP contribution in [0.5, 0.6) is 11.5 Å². The molecule has 0 spiro atoms. The van der Waals surface area contributed by atoms with Gasteiger partial charge in [0.1, 0.15) is 17.5 Å². The quantitative estimate of drug-likeness (QED) is 0.844. The van der Waals surface area contributed by atoms with Crippen molar-refractivity contribution in [1.82, 2.24) is 14.9 Å². The fraction of sp³-hybridized carbons (Fsp3) is 0.450. The zero-order valence-corrected chi connectivity index (χ0v) is 16.3. The van der Waals surface area contributed by atoms with E-state index in [0.717, 1.165) is 48.4 Å². The fourth-order valence-electron chi connectivity index (χ4n) is 3.51. The second kappa shape index (κ2) is 7.92. The SMILES string of the molecule is CCNc1cc(N2CCN(C(=O)Cc3ccc4c(c3)OCO4)CC2)nc(C)n1. The number of anilines is 2. The smallest absolute Gasteiger partial charge is 0.231 e. The molecule has 1 aromatic carbocycles. The number of carbonyl (C=O) groups excluding carboxylic acids is 1. The van der Waals surface area contributed by atoms with E-state index in [1.54, 1.807) is 0 Å². The van der Waals surface area contributed by atoms with Crippen LogP contribution in [-0.4, -0.2) is 60.3 Å². The van der Waals surface area contributed by atoms with Crippen molar-refractivity contribution in [2.24, 2.45) is 0 Å². The second-order valence-corrected chi connectivity index (χ2v) is 6.92. The highest BCUT2D eigenvalue weighted by atomic mass is 16.7. The highest BCUT2D eigenvalue weighted by Crippen LogP contribution is 2.32. The summed E-state index contributed by atoms with van der Waals surface area (Å²) >= 11 is 0. The Labute approximate surface area is 164 Å². The highest BCUT2D eigenvalue weighted by molar-refractivity contribution is 5.79. The molecule has 1 fully saturated rings. The maximum Gasteiger partial charge on any atom is 0.231 e. The predicted molar refractivity (Wildman–Crippen MR) is 106 cm³/mol. The van der Waals surface area contributed by atoms with Crippen LogP contribution in [0.3, 0.4) is 0 Å². The van der Waals surface area contributed by atoms with Crippen LogP contribution < -0.4 is 19.7 Å². The zero-order valence-electron chi connectivity index (χ0n) is 16.3. The van der Waals surface area contributed by atoms with E-state index in [4.69, 9.17) is 9.47 Å². The number of hydrogen-bond donors (Lipinski definition) is 1. The van der Waals surface area contributed by atoms with E-state index in [9.17, 15) is 4.79 Å². The normalized spacial score (nSPS) is 15.6. The third-order valence-corrected chi connectivity index (χ3v) is 4.93. The van der Waals surface area contributed by atoms with E-state index >= 15 is 0 Å². The molecule has 28 heavy (non-hydrogen) atoms. The Morgan fingerprint density at radius 2 is 1.89 bits per heavy atom. The lowest BCUT2D eigenvalue weighted by Gasteiger charge is -2.35. The number of ether oxygens (including phenoxy) is 2. The number of nitrogens with zero attached hydrogens (tertiary/aromatic N) is 4. The number of rotatable bonds is 5. The number of hydrogen-bond acceptors (Lipinski definition) is 7. The summed E-state index contributed by atoms with van der Waals surface area (Å²) in [5.41, 5.74) is 0.943. The first-order valence-electron chi connectivity index (χ1n) is 9.63. The summed E-state index contributed by atoms with van der Waals surface area (Å²) in [6.07, 6.45) is 0.369. The molecule has 1 saturated heterocycles. The molecule has 1 N–H and O–H groups in total. The van der Waals surface area contributed by atoms with Crippen molar-refractivity contribution < 1.29 is 14.3 Å². The number of fused-ring (bicyclic) bond motifs is 1. The third kappa shape index (κ3) is 3.95. The summed E-state index contributed by atoms with van der Waals surface area (Å²) in [5.74, 6) is 4.07. The Kier molecular flexibility index (Phi) is 5.18. The van der Waals surface area contributed by atoms with Gasteiger partial charge in [0.2, 0.25) is 12.7 Å². The Bertz CT molecular complexity index is 865. The van der Waals surface area contributed by atoms with Crippen molar-refractivity contribution in [2.45, 2.75) is 20.3 Å². The van der Waals surface area contributed by atoms with E-state index in [1.807, 2.05) is 43.0 Å². The van der Waals surface area contributed by atoms with Crippen molar-refractivity contribution in [1.29, 1.82) is 0 Å². The van der Waals surface area contributed by atoms with Crippen molar-refractivity contribution in [2.75, 3.05) is 49.7 Å². The molecule has 8 nitrogen and oxygen atoms in total. The van der Waals surface area contributed by atoms with Gasteiger partial charge in [0, 0.05) is 38.8 Å². The molecule has 0 unspecified atom stereocenters. The minimum absolute atomic E-state index is 0.130. The molecule has 2 aliphatic heterocycles. The van der Waals surface area contributed by atoms with Gasteiger partial charge in [-0.25, -0.2) is 9.97 Å². The van der Waals surface area contributed by atoms with Crippen LogP contribution in [0.4, 0.5) is 11.6 Å². The van der Waals surface area contributed by atoms with Crippen LogP contribution in [-0.2, 0) is 11.2 Å². The number of piperazine rings is 1. The van der Waals surface area contributed by atoms with Gasteiger partial charge in [-0.15, -0.1) is 0 Å². The molecule has 1 aromatic heterocycles. The lowest BCUT2D eigenvalue weighted by Crippen LogP contribution is -2.49. The topological polar surface area (TPSA) is 79.8 Å². The molecule has 1 amide bonds. The van der Waals surface area contributed by atoms with Crippen LogP contribution in [0.2, 0.25) is 0 Å². The van der Waals surface area contributed by atoms with Crippen molar-refractivity contribution in [3.63, 3.8) is 0 Å². The summed E-state index contributed by atoms with van der Waals surface area (Å²) in [4.78, 5) is 25.8. The number of aryl methyl sites for hydroxylation is 1. The minimum atomic E-state index is 0.130. The molecule has 0 aliphatic carbocycles. The number of benzene rings is 1. The molecule has 148 valence electrons. The summed E-state index contributed by atoms with van der Waals surface area (Å²) in [7, 11) is 0. The maximum absolute atomic E-state index is 12.7. The molecular formula is C20H25N5O3. The second-order valence-electron chi connectivity index (χ2n) is 6.92. The van der Waals surface area contributed by atoms with Gasteiger partial charge in [-0.1, -0.05) is 6.07 Å². The molecular weight excluding hydrogens is 358 g/mol. The van der Waals surface area contributed by atoms with Gasteiger partial charge in [-0.3, -0.25) is 4.79 Å². The molecule has 4 rings (SSSR count). The fourth-order valence-corrected chi connectivity index (χ4v) is 3.51. The van der Waals surface area contributed by atoms with Gasteiger partial charge in [0.15, 0.2) is 11.5 Å². The van der Waals surface area contributed by atoms with Gasteiger partial charge < -0.3 is 24.6 Å². The van der Waals surface area contributed by atoms with Crippen molar-refractivity contribution in [3.05, 3.63) is 35.7 Å². The maximum atomic E-state index is 12.7. The molecule has 0 atom stereocenters. The first-order chi connectivity index (χ1) is 13.6. The average Bonchev–Trinajstić information content (AvgIpc) is 3.16. The van der Waals surface area contributed by atoms with E-state index in [1.165, 1.54) is 0 Å². The molecule has 0 radical (unpaired) electrons. The van der Waals surface area contributed by atoms with E-state index in [0.29, 0.717) is 25.3 Å². The third-order valence-electron chi connectivity index (χ3n) is 4.93. The molecule has 0 bridgehead atoms. The molecule has 8 heteroatoms. The van der Waals surface area contributed by atoms with Crippen LogP contribution >= 0.6 is 0 Å². The van der Waals surface area contributed by atoms with Crippen LogP contribution in [0.15, 0.2) is 24.3 Å². The van der Waals surface area contributed by atoms with Crippen LogP contribution in [0.25, 0.3) is 0 Å². The molecule has 2 aromatic rings. The van der Waals surface area contributed by atoms with Crippen molar-refractivity contribution in [3.8, 4) is 11.5 Å². The number of aromatic nitrogens is 2. The number of nitrogens with one attached hydrogen (secondary N) is 1. The van der Waals surface area contributed by atoms with E-state index in [-0.39, 0.29) is 12.7 Å². The number of carbonyl (C=O) groups is 1. The summed E-state index contributed by atoms with van der Waals surface area (Å²) < 4.78 is 10.7. The van der Waals surface area contributed by atoms with Gasteiger partial charge in [-0.2, -0.15) is 0 Å². The van der Waals surface area contributed by atoms with Crippen LogP contribution in [0.1, 0.15) is 18.3 Å².